The second-order valence-corrected chi connectivity index (χ2v) is 10.5. The molecule has 0 saturated heterocycles. The minimum Gasteiger partial charge on any atom is -0.384 e. The fourth-order valence-corrected chi connectivity index (χ4v) is 5.85. The number of hydrogen-bond donors (Lipinski definition) is 2. The minimum absolute atomic E-state index is 0.203. The molecule has 0 aliphatic heterocycles. The number of aryl methyl sites for hydroxylation is 1. The molecule has 0 aromatic heterocycles. The minimum atomic E-state index is -0.891. The van der Waals surface area contributed by atoms with Crippen molar-refractivity contribution in [2.24, 2.45) is 11.3 Å². The Morgan fingerprint density at radius 2 is 1.73 bits per heavy atom. The Morgan fingerprint density at radius 3 is 2.23 bits per heavy atom. The molecule has 1 atom stereocenters. The van der Waals surface area contributed by atoms with E-state index < -0.39 is 5.60 Å². The van der Waals surface area contributed by atoms with E-state index in [1.54, 1.807) is 0 Å². The zero-order chi connectivity index (χ0) is 22.8. The van der Waals surface area contributed by atoms with Gasteiger partial charge in [0.1, 0.15) is 6.07 Å². The summed E-state index contributed by atoms with van der Waals surface area (Å²) in [5.41, 5.74) is 1.69. The third kappa shape index (κ3) is 6.27. The van der Waals surface area contributed by atoms with Crippen LogP contribution in [0.15, 0.2) is 16.6 Å². The molecule has 2 nitrogen and oxygen atoms in total. The lowest BCUT2D eigenvalue weighted by molar-refractivity contribution is -0.136. The molecule has 30 heavy (non-hydrogen) atoms. The number of hydrogen-bond acceptors (Lipinski definition) is 3. The Balaban J connectivity index is 0.000000553. The first kappa shape index (κ1) is 27.5. The summed E-state index contributed by atoms with van der Waals surface area (Å²) in [4.78, 5) is 0. The van der Waals surface area contributed by atoms with Crippen molar-refractivity contribution in [3.8, 4) is 6.07 Å². The molecule has 0 bridgehead atoms. The van der Waals surface area contributed by atoms with E-state index in [-0.39, 0.29) is 11.3 Å². The van der Waals surface area contributed by atoms with E-state index in [0.717, 1.165) is 54.3 Å². The highest BCUT2D eigenvalue weighted by Crippen LogP contribution is 2.56. The van der Waals surface area contributed by atoms with Crippen LogP contribution in [0.1, 0.15) is 109 Å². The predicted molar refractivity (Wildman–Crippen MR) is 136 cm³/mol. The van der Waals surface area contributed by atoms with Gasteiger partial charge in [0.15, 0.2) is 0 Å². The van der Waals surface area contributed by atoms with Crippen LogP contribution in [-0.4, -0.2) is 10.9 Å². The van der Waals surface area contributed by atoms with Crippen LogP contribution in [-0.2, 0) is 12.0 Å². The number of halogens is 1. The van der Waals surface area contributed by atoms with Crippen molar-refractivity contribution in [3.05, 3.63) is 33.3 Å². The zero-order valence-electron chi connectivity index (χ0n) is 19.7. The summed E-state index contributed by atoms with van der Waals surface area (Å²) < 4.78 is 0.796. The van der Waals surface area contributed by atoms with Crippen molar-refractivity contribution in [2.75, 3.05) is 5.75 Å². The van der Waals surface area contributed by atoms with Gasteiger partial charge in [-0.05, 0) is 76.7 Å². The van der Waals surface area contributed by atoms with Gasteiger partial charge in [0.25, 0.3) is 0 Å². The molecule has 0 amide bonds. The summed E-state index contributed by atoms with van der Waals surface area (Å²) in [5, 5.41) is 21.4. The van der Waals surface area contributed by atoms with E-state index in [1.165, 1.54) is 31.2 Å². The molecular formula is C26H42BrNOS. The van der Waals surface area contributed by atoms with E-state index in [1.807, 2.05) is 12.1 Å². The zero-order valence-corrected chi connectivity index (χ0v) is 22.2. The van der Waals surface area contributed by atoms with Crippen molar-refractivity contribution < 1.29 is 5.11 Å². The van der Waals surface area contributed by atoms with E-state index in [9.17, 15) is 10.4 Å². The maximum Gasteiger partial charge on any atom is 0.100 e. The Labute approximate surface area is 199 Å². The molecule has 0 spiro atoms. The lowest BCUT2D eigenvalue weighted by Crippen LogP contribution is -2.51. The molecule has 1 unspecified atom stereocenters. The van der Waals surface area contributed by atoms with E-state index in [0.29, 0.717) is 5.56 Å². The highest BCUT2D eigenvalue weighted by molar-refractivity contribution is 9.10. The molecule has 0 heterocycles. The molecule has 0 saturated carbocycles. The fourth-order valence-electron chi connectivity index (χ4n) is 4.85. The second kappa shape index (κ2) is 13.1. The highest BCUT2D eigenvalue weighted by Gasteiger charge is 2.53. The second-order valence-electron chi connectivity index (χ2n) is 9.28. The van der Waals surface area contributed by atoms with Crippen LogP contribution in [0.4, 0.5) is 0 Å². The van der Waals surface area contributed by atoms with Gasteiger partial charge in [0.2, 0.25) is 0 Å². The molecule has 170 valence electrons. The van der Waals surface area contributed by atoms with Crippen LogP contribution >= 0.6 is 28.6 Å². The van der Waals surface area contributed by atoms with Gasteiger partial charge < -0.3 is 5.11 Å². The number of unbranched alkanes of at least 4 members (excludes halogenated alkanes) is 3. The Kier molecular flexibility index (Phi) is 12.1. The Hall–Kier alpha value is -0.500. The number of nitrogens with zero attached hydrogens (tertiary/aromatic N) is 1. The molecular weight excluding hydrogens is 454 g/mol. The number of aliphatic hydroxyl groups is 1. The smallest absolute Gasteiger partial charge is 0.100 e. The van der Waals surface area contributed by atoms with Crippen LogP contribution in [0.3, 0.4) is 0 Å². The SMILES string of the molecule is CCCC(CCC)C1(O)c2c(ccc(C#N)c2Br)CCC1(C)C.CCCCCCS. The summed E-state index contributed by atoms with van der Waals surface area (Å²) in [6, 6.07) is 6.16. The topological polar surface area (TPSA) is 44.0 Å². The lowest BCUT2D eigenvalue weighted by Gasteiger charge is -2.52. The fraction of sp³-hybridized carbons (Fsp3) is 0.731. The largest absolute Gasteiger partial charge is 0.384 e. The maximum atomic E-state index is 12.0. The number of benzene rings is 1. The van der Waals surface area contributed by atoms with E-state index in [4.69, 9.17) is 0 Å². The summed E-state index contributed by atoms with van der Waals surface area (Å²) in [6.07, 6.45) is 11.4. The quantitative estimate of drug-likeness (QED) is 0.267. The van der Waals surface area contributed by atoms with Gasteiger partial charge in [0.05, 0.1) is 11.2 Å². The van der Waals surface area contributed by atoms with Gasteiger partial charge in [-0.25, -0.2) is 0 Å². The standard InChI is InChI=1S/C20H28BrNO.C6H14S/c1-5-7-16(8-6-2)20(23)17-14(11-12-19(20,3)4)9-10-15(13-22)18(17)21;1-2-3-4-5-6-7/h9-10,16,23H,5-8,11-12H2,1-4H3;7H,2-6H2,1H3. The van der Waals surface area contributed by atoms with Gasteiger partial charge >= 0.3 is 0 Å². The molecule has 1 aliphatic carbocycles. The summed E-state index contributed by atoms with van der Waals surface area (Å²) in [6.45, 7) is 10.9. The Morgan fingerprint density at radius 1 is 1.10 bits per heavy atom. The van der Waals surface area contributed by atoms with Gasteiger partial charge in [-0.15, -0.1) is 0 Å². The van der Waals surface area contributed by atoms with Crippen LogP contribution in [0.25, 0.3) is 0 Å². The molecule has 1 aliphatic rings. The van der Waals surface area contributed by atoms with Crippen LogP contribution < -0.4 is 0 Å². The molecule has 1 aromatic carbocycles. The summed E-state index contributed by atoms with van der Waals surface area (Å²) >= 11 is 7.74. The summed E-state index contributed by atoms with van der Waals surface area (Å²) in [5.74, 6) is 1.27. The van der Waals surface area contributed by atoms with Crippen LogP contribution in [0.5, 0.6) is 0 Å². The average Bonchev–Trinajstić information content (AvgIpc) is 2.72. The molecule has 0 radical (unpaired) electrons. The van der Waals surface area contributed by atoms with Crippen molar-refractivity contribution in [1.82, 2.24) is 0 Å². The number of fused-ring (bicyclic) bond motifs is 1. The molecule has 1 aromatic rings. The summed E-state index contributed by atoms with van der Waals surface area (Å²) in [7, 11) is 0. The van der Waals surface area contributed by atoms with Gasteiger partial charge in [0, 0.05) is 10.0 Å². The maximum absolute atomic E-state index is 12.0. The van der Waals surface area contributed by atoms with E-state index in [2.05, 4.69) is 69.2 Å². The number of rotatable bonds is 9. The molecule has 0 fully saturated rings. The first-order valence-corrected chi connectivity index (χ1v) is 13.2. The van der Waals surface area contributed by atoms with Crippen LogP contribution in [0, 0.1) is 22.7 Å². The third-order valence-electron chi connectivity index (χ3n) is 6.66. The number of thiol groups is 1. The monoisotopic (exact) mass is 495 g/mol. The first-order valence-electron chi connectivity index (χ1n) is 11.8. The number of nitriles is 1. The molecule has 1 N–H and O–H groups in total. The normalized spacial score (nSPS) is 19.6. The third-order valence-corrected chi connectivity index (χ3v) is 7.80. The van der Waals surface area contributed by atoms with Crippen molar-refractivity contribution in [2.45, 2.75) is 104 Å². The van der Waals surface area contributed by atoms with Crippen molar-refractivity contribution >= 4 is 28.6 Å². The predicted octanol–water partition coefficient (Wildman–Crippen LogP) is 8.19. The van der Waals surface area contributed by atoms with Gasteiger partial charge in [-0.3, -0.25) is 0 Å². The van der Waals surface area contributed by atoms with Crippen molar-refractivity contribution in [3.63, 3.8) is 0 Å². The molecule has 2 rings (SSSR count). The van der Waals surface area contributed by atoms with Gasteiger partial charge in [-0.2, -0.15) is 17.9 Å². The first-order chi connectivity index (χ1) is 14.2. The average molecular weight is 497 g/mol. The van der Waals surface area contributed by atoms with Crippen molar-refractivity contribution in [1.29, 1.82) is 5.26 Å². The lowest BCUT2D eigenvalue weighted by atomic mass is 9.56. The highest BCUT2D eigenvalue weighted by atomic mass is 79.9. The van der Waals surface area contributed by atoms with Crippen LogP contribution in [0.2, 0.25) is 0 Å². The molecule has 4 heteroatoms. The van der Waals surface area contributed by atoms with Gasteiger partial charge in [-0.1, -0.05) is 72.8 Å². The Bertz CT molecular complexity index is 687. The van der Waals surface area contributed by atoms with E-state index >= 15 is 0 Å².